The molecule has 0 saturated carbocycles. The van der Waals surface area contributed by atoms with Gasteiger partial charge in [-0.3, -0.25) is 14.4 Å². The number of rotatable bonds is 41. The number of carbonyl (C=O) groups is 3. The van der Waals surface area contributed by atoms with Crippen molar-refractivity contribution >= 4 is 17.9 Å². The molecule has 2 atom stereocenters. The second kappa shape index (κ2) is 40.1. The van der Waals surface area contributed by atoms with Crippen molar-refractivity contribution in [3.05, 3.63) is 0 Å². The summed E-state index contributed by atoms with van der Waals surface area (Å²) in [4.78, 5) is 37.7. The molecule has 0 aromatic heterocycles. The van der Waals surface area contributed by atoms with E-state index >= 15 is 0 Å². The van der Waals surface area contributed by atoms with Crippen LogP contribution >= 0.6 is 0 Å². The van der Waals surface area contributed by atoms with E-state index in [-0.39, 0.29) is 31.1 Å². The molecule has 0 aliphatic rings. The molecule has 0 bridgehead atoms. The van der Waals surface area contributed by atoms with Gasteiger partial charge in [-0.05, 0) is 31.1 Å². The Morgan fingerprint density at radius 3 is 1.08 bits per heavy atom. The molecule has 0 amide bonds. The lowest BCUT2D eigenvalue weighted by atomic mass is 9.99. The molecule has 0 aliphatic carbocycles. The zero-order valence-electron chi connectivity index (χ0n) is 36.1. The molecular weight excluding hydrogens is 661 g/mol. The first-order valence-corrected chi connectivity index (χ1v) is 23.3. The summed E-state index contributed by atoms with van der Waals surface area (Å²) in [5.41, 5.74) is 0. The summed E-state index contributed by atoms with van der Waals surface area (Å²) in [6.07, 6.45) is 38.0. The molecule has 0 rings (SSSR count). The molecule has 1 unspecified atom stereocenters. The minimum atomic E-state index is -0.760. The van der Waals surface area contributed by atoms with E-state index in [9.17, 15) is 14.4 Å². The zero-order chi connectivity index (χ0) is 39.0. The summed E-state index contributed by atoms with van der Waals surface area (Å²) < 4.78 is 16.7. The first-order chi connectivity index (χ1) is 25.8. The SMILES string of the molecule is CCCCCCCCCCCC(=O)O[C@H](COC(=O)CCCCCCCCCCCCCC(C)C)COC(=O)CCCCCCCCCCC(C)CC. The van der Waals surface area contributed by atoms with Gasteiger partial charge < -0.3 is 14.2 Å². The highest BCUT2D eigenvalue weighted by Crippen LogP contribution is 2.17. The van der Waals surface area contributed by atoms with Crippen LogP contribution in [0.4, 0.5) is 0 Å². The maximum absolute atomic E-state index is 12.7. The predicted octanol–water partition coefficient (Wildman–Crippen LogP) is 14.6. The molecular formula is C47H90O6. The zero-order valence-corrected chi connectivity index (χ0v) is 36.1. The molecule has 0 heterocycles. The number of hydrogen-bond acceptors (Lipinski definition) is 6. The van der Waals surface area contributed by atoms with Crippen LogP contribution in [0.2, 0.25) is 0 Å². The maximum Gasteiger partial charge on any atom is 0.306 e. The van der Waals surface area contributed by atoms with Crippen molar-refractivity contribution in [1.29, 1.82) is 0 Å². The van der Waals surface area contributed by atoms with Gasteiger partial charge in [-0.15, -0.1) is 0 Å². The summed E-state index contributed by atoms with van der Waals surface area (Å²) in [5.74, 6) is 0.815. The van der Waals surface area contributed by atoms with Crippen molar-refractivity contribution in [2.24, 2.45) is 11.8 Å². The Balaban J connectivity index is 4.30. The van der Waals surface area contributed by atoms with Crippen molar-refractivity contribution < 1.29 is 28.6 Å². The van der Waals surface area contributed by atoms with Gasteiger partial charge in [0.05, 0.1) is 0 Å². The largest absolute Gasteiger partial charge is 0.462 e. The molecule has 314 valence electrons. The van der Waals surface area contributed by atoms with E-state index in [0.29, 0.717) is 19.3 Å². The lowest BCUT2D eigenvalue weighted by molar-refractivity contribution is -0.167. The van der Waals surface area contributed by atoms with Crippen LogP contribution in [0.5, 0.6) is 0 Å². The third kappa shape index (κ3) is 39.9. The highest BCUT2D eigenvalue weighted by Gasteiger charge is 2.19. The van der Waals surface area contributed by atoms with E-state index in [2.05, 4.69) is 34.6 Å². The fourth-order valence-electron chi connectivity index (χ4n) is 6.90. The van der Waals surface area contributed by atoms with Crippen molar-refractivity contribution in [3.63, 3.8) is 0 Å². The Bertz CT molecular complexity index is 811. The second-order valence-electron chi connectivity index (χ2n) is 16.8. The van der Waals surface area contributed by atoms with Gasteiger partial charge in [0.1, 0.15) is 13.2 Å². The van der Waals surface area contributed by atoms with Crippen LogP contribution in [-0.4, -0.2) is 37.2 Å². The van der Waals surface area contributed by atoms with Crippen LogP contribution in [-0.2, 0) is 28.6 Å². The van der Waals surface area contributed by atoms with Crippen LogP contribution in [0.3, 0.4) is 0 Å². The van der Waals surface area contributed by atoms with Crippen molar-refractivity contribution in [2.45, 2.75) is 259 Å². The first-order valence-electron chi connectivity index (χ1n) is 23.3. The maximum atomic E-state index is 12.7. The lowest BCUT2D eigenvalue weighted by Gasteiger charge is -2.18. The molecule has 6 heteroatoms. The van der Waals surface area contributed by atoms with Gasteiger partial charge in [-0.25, -0.2) is 0 Å². The first kappa shape index (κ1) is 51.4. The van der Waals surface area contributed by atoms with E-state index < -0.39 is 6.10 Å². The number of hydrogen-bond donors (Lipinski definition) is 0. The van der Waals surface area contributed by atoms with E-state index in [1.165, 1.54) is 141 Å². The van der Waals surface area contributed by atoms with E-state index in [0.717, 1.165) is 69.6 Å². The Hall–Kier alpha value is -1.59. The molecule has 0 aromatic carbocycles. The molecule has 0 aliphatic heterocycles. The minimum Gasteiger partial charge on any atom is -0.462 e. The molecule has 0 aromatic rings. The third-order valence-corrected chi connectivity index (χ3v) is 10.8. The fourth-order valence-corrected chi connectivity index (χ4v) is 6.90. The normalized spacial score (nSPS) is 12.6. The Labute approximate surface area is 329 Å². The standard InChI is InChI=1S/C47H90O6/c1-6-8-9-10-11-15-24-29-34-39-47(50)53-44(41-52-46(49)38-33-28-23-19-18-21-26-31-36-43(5)7-2)40-51-45(48)37-32-27-22-17-14-12-13-16-20-25-30-35-42(3)4/h42-44H,6-41H2,1-5H3/t43?,44-/m1/s1. The summed E-state index contributed by atoms with van der Waals surface area (Å²) in [6.45, 7) is 11.3. The van der Waals surface area contributed by atoms with Gasteiger partial charge >= 0.3 is 17.9 Å². The summed E-state index contributed by atoms with van der Waals surface area (Å²) >= 11 is 0. The molecule has 0 saturated heterocycles. The lowest BCUT2D eigenvalue weighted by Crippen LogP contribution is -2.30. The third-order valence-electron chi connectivity index (χ3n) is 10.8. The summed E-state index contributed by atoms with van der Waals surface area (Å²) in [6, 6.07) is 0. The Kier molecular flexibility index (Phi) is 38.9. The van der Waals surface area contributed by atoms with Gasteiger partial charge in [0.2, 0.25) is 0 Å². The average Bonchev–Trinajstić information content (AvgIpc) is 3.14. The highest BCUT2D eigenvalue weighted by atomic mass is 16.6. The second-order valence-corrected chi connectivity index (χ2v) is 16.8. The highest BCUT2D eigenvalue weighted by molar-refractivity contribution is 5.71. The smallest absolute Gasteiger partial charge is 0.306 e. The number of esters is 3. The number of ether oxygens (including phenoxy) is 3. The molecule has 0 N–H and O–H groups in total. The topological polar surface area (TPSA) is 78.9 Å². The van der Waals surface area contributed by atoms with Gasteiger partial charge in [-0.2, -0.15) is 0 Å². The van der Waals surface area contributed by atoms with E-state index in [4.69, 9.17) is 14.2 Å². The molecule has 0 spiro atoms. The number of unbranched alkanes of at least 4 members (excludes halogenated alkanes) is 25. The van der Waals surface area contributed by atoms with Crippen molar-refractivity contribution in [3.8, 4) is 0 Å². The van der Waals surface area contributed by atoms with Crippen LogP contribution in [0.1, 0.15) is 253 Å². The summed E-state index contributed by atoms with van der Waals surface area (Å²) in [5, 5.41) is 0. The average molecular weight is 751 g/mol. The summed E-state index contributed by atoms with van der Waals surface area (Å²) in [7, 11) is 0. The Morgan fingerprint density at radius 1 is 0.396 bits per heavy atom. The molecule has 53 heavy (non-hydrogen) atoms. The van der Waals surface area contributed by atoms with Crippen molar-refractivity contribution in [1.82, 2.24) is 0 Å². The molecule has 0 radical (unpaired) electrons. The van der Waals surface area contributed by atoms with Gasteiger partial charge in [-0.1, -0.05) is 214 Å². The van der Waals surface area contributed by atoms with Gasteiger partial charge in [0.15, 0.2) is 6.10 Å². The van der Waals surface area contributed by atoms with E-state index in [1.807, 2.05) is 0 Å². The van der Waals surface area contributed by atoms with Gasteiger partial charge in [0, 0.05) is 19.3 Å². The quantitative estimate of drug-likeness (QED) is 0.0352. The van der Waals surface area contributed by atoms with Crippen molar-refractivity contribution in [2.75, 3.05) is 13.2 Å². The monoisotopic (exact) mass is 751 g/mol. The van der Waals surface area contributed by atoms with Gasteiger partial charge in [0.25, 0.3) is 0 Å². The van der Waals surface area contributed by atoms with Crippen LogP contribution < -0.4 is 0 Å². The fraction of sp³-hybridized carbons (Fsp3) is 0.936. The van der Waals surface area contributed by atoms with Crippen LogP contribution in [0.25, 0.3) is 0 Å². The van der Waals surface area contributed by atoms with Crippen LogP contribution in [0, 0.1) is 11.8 Å². The number of carbonyl (C=O) groups excluding carboxylic acids is 3. The Morgan fingerprint density at radius 2 is 0.717 bits per heavy atom. The minimum absolute atomic E-state index is 0.0650. The van der Waals surface area contributed by atoms with Crippen LogP contribution in [0.15, 0.2) is 0 Å². The predicted molar refractivity (Wildman–Crippen MR) is 224 cm³/mol. The molecule has 6 nitrogen and oxygen atoms in total. The van der Waals surface area contributed by atoms with E-state index in [1.54, 1.807) is 0 Å². The molecule has 0 fully saturated rings.